The minimum atomic E-state index is -3.16. The highest BCUT2D eigenvalue weighted by Crippen LogP contribution is 2.13. The fourth-order valence-electron chi connectivity index (χ4n) is 1.48. The lowest BCUT2D eigenvalue weighted by atomic mass is 10.3. The van der Waals surface area contributed by atoms with E-state index in [9.17, 15) is 8.42 Å². The molecular formula is C11H19NO3S2. The van der Waals surface area contributed by atoms with Crippen molar-refractivity contribution < 1.29 is 13.2 Å². The van der Waals surface area contributed by atoms with Gasteiger partial charge in [-0.2, -0.15) is 15.6 Å². The van der Waals surface area contributed by atoms with Crippen LogP contribution < -0.4 is 0 Å². The molecule has 0 aliphatic rings. The molecular weight excluding hydrogens is 258 g/mol. The van der Waals surface area contributed by atoms with Gasteiger partial charge in [-0.15, -0.1) is 0 Å². The monoisotopic (exact) mass is 277 g/mol. The minimum absolute atomic E-state index is 0.195. The second-order valence-electron chi connectivity index (χ2n) is 3.77. The molecule has 0 saturated carbocycles. The first-order valence-corrected chi connectivity index (χ1v) is 8.13. The van der Waals surface area contributed by atoms with Crippen LogP contribution in [0.25, 0.3) is 0 Å². The molecule has 1 aromatic rings. The van der Waals surface area contributed by atoms with Crippen LogP contribution in [0, 0.1) is 0 Å². The summed E-state index contributed by atoms with van der Waals surface area (Å²) in [4.78, 5) is 0. The summed E-state index contributed by atoms with van der Waals surface area (Å²) in [6, 6.07) is 1.95. The number of rotatable bonds is 8. The van der Waals surface area contributed by atoms with Crippen molar-refractivity contribution in [3.63, 3.8) is 0 Å². The molecule has 1 aromatic heterocycles. The van der Waals surface area contributed by atoms with Crippen LogP contribution in [0.5, 0.6) is 0 Å². The Morgan fingerprint density at radius 1 is 1.47 bits per heavy atom. The van der Waals surface area contributed by atoms with Gasteiger partial charge in [-0.3, -0.25) is 0 Å². The van der Waals surface area contributed by atoms with Gasteiger partial charge in [0.15, 0.2) is 0 Å². The molecule has 98 valence electrons. The Morgan fingerprint density at radius 3 is 2.76 bits per heavy atom. The van der Waals surface area contributed by atoms with Gasteiger partial charge in [0.05, 0.1) is 12.4 Å². The van der Waals surface area contributed by atoms with Crippen LogP contribution in [-0.2, 0) is 21.3 Å². The van der Waals surface area contributed by atoms with Crippen LogP contribution >= 0.6 is 11.3 Å². The number of thiophene rings is 1. The zero-order chi connectivity index (χ0) is 12.7. The number of hydrogen-bond donors (Lipinski definition) is 0. The zero-order valence-electron chi connectivity index (χ0n) is 10.3. The second kappa shape index (κ2) is 7.10. The molecule has 0 atom stereocenters. The second-order valence-corrected chi connectivity index (χ2v) is 6.64. The lowest BCUT2D eigenvalue weighted by Gasteiger charge is -2.21. The Hall–Kier alpha value is -0.430. The van der Waals surface area contributed by atoms with Crippen molar-refractivity contribution in [2.45, 2.75) is 19.9 Å². The molecule has 0 fully saturated rings. The van der Waals surface area contributed by atoms with Crippen LogP contribution in [0.3, 0.4) is 0 Å². The van der Waals surface area contributed by atoms with Crippen LogP contribution in [0.1, 0.15) is 18.9 Å². The standard InChI is InChI=1S/C11H19NO3S2/c1-3-8-17(13,14)12(5-6-15-2)9-11-4-7-16-10-11/h4,7,10H,3,5-6,8-9H2,1-2H3. The smallest absolute Gasteiger partial charge is 0.214 e. The summed E-state index contributed by atoms with van der Waals surface area (Å²) in [5, 5.41) is 3.93. The summed E-state index contributed by atoms with van der Waals surface area (Å²) in [6.07, 6.45) is 0.634. The molecule has 0 bridgehead atoms. The maximum Gasteiger partial charge on any atom is 0.214 e. The van der Waals surface area contributed by atoms with E-state index >= 15 is 0 Å². The van der Waals surface area contributed by atoms with Gasteiger partial charge in [-0.1, -0.05) is 6.92 Å². The number of nitrogens with zero attached hydrogens (tertiary/aromatic N) is 1. The molecule has 0 aliphatic heterocycles. The topological polar surface area (TPSA) is 46.6 Å². The summed E-state index contributed by atoms with van der Waals surface area (Å²) in [5.41, 5.74) is 1.03. The predicted molar refractivity (Wildman–Crippen MR) is 70.7 cm³/mol. The van der Waals surface area contributed by atoms with Gasteiger partial charge < -0.3 is 4.74 Å². The molecule has 1 heterocycles. The molecule has 1 rings (SSSR count). The third-order valence-electron chi connectivity index (χ3n) is 2.34. The van der Waals surface area contributed by atoms with Crippen LogP contribution in [-0.4, -0.2) is 38.7 Å². The summed E-state index contributed by atoms with van der Waals surface area (Å²) >= 11 is 1.58. The lowest BCUT2D eigenvalue weighted by molar-refractivity contribution is 0.177. The SMILES string of the molecule is CCCS(=O)(=O)N(CCOC)Cc1ccsc1. The molecule has 0 N–H and O–H groups in total. The van der Waals surface area contributed by atoms with Crippen molar-refractivity contribution in [1.29, 1.82) is 0 Å². The average Bonchev–Trinajstić information content (AvgIpc) is 2.76. The van der Waals surface area contributed by atoms with E-state index in [1.54, 1.807) is 18.4 Å². The van der Waals surface area contributed by atoms with Crippen LogP contribution in [0.15, 0.2) is 16.8 Å². The van der Waals surface area contributed by atoms with E-state index < -0.39 is 10.0 Å². The van der Waals surface area contributed by atoms with E-state index in [2.05, 4.69) is 0 Å². The van der Waals surface area contributed by atoms with E-state index in [1.165, 1.54) is 4.31 Å². The molecule has 0 saturated heterocycles. The van der Waals surface area contributed by atoms with Gasteiger partial charge in [-0.05, 0) is 28.8 Å². The van der Waals surface area contributed by atoms with E-state index in [4.69, 9.17) is 4.74 Å². The highest BCUT2D eigenvalue weighted by atomic mass is 32.2. The first-order valence-electron chi connectivity index (χ1n) is 5.58. The Kier molecular flexibility index (Phi) is 6.11. The Balaban J connectivity index is 2.73. The van der Waals surface area contributed by atoms with Crippen molar-refractivity contribution in [3.05, 3.63) is 22.4 Å². The molecule has 17 heavy (non-hydrogen) atoms. The molecule has 4 nitrogen and oxygen atoms in total. The maximum absolute atomic E-state index is 12.0. The number of hydrogen-bond acceptors (Lipinski definition) is 4. The highest BCUT2D eigenvalue weighted by molar-refractivity contribution is 7.89. The Morgan fingerprint density at radius 2 is 2.24 bits per heavy atom. The Labute approximate surface area is 107 Å². The fraction of sp³-hybridized carbons (Fsp3) is 0.636. The van der Waals surface area contributed by atoms with Crippen molar-refractivity contribution in [2.24, 2.45) is 0 Å². The predicted octanol–water partition coefficient (Wildman–Crippen LogP) is 1.94. The summed E-state index contributed by atoms with van der Waals surface area (Å²) in [5.74, 6) is 0.195. The first kappa shape index (κ1) is 14.6. The highest BCUT2D eigenvalue weighted by Gasteiger charge is 2.20. The normalized spacial score (nSPS) is 12.2. The van der Waals surface area contributed by atoms with Gasteiger partial charge in [0, 0.05) is 20.2 Å². The van der Waals surface area contributed by atoms with Crippen molar-refractivity contribution >= 4 is 21.4 Å². The van der Waals surface area contributed by atoms with Gasteiger partial charge in [0.2, 0.25) is 10.0 Å². The van der Waals surface area contributed by atoms with Gasteiger partial charge in [0.25, 0.3) is 0 Å². The molecule has 0 aromatic carbocycles. The maximum atomic E-state index is 12.0. The third kappa shape index (κ3) is 4.75. The zero-order valence-corrected chi connectivity index (χ0v) is 11.9. The largest absolute Gasteiger partial charge is 0.383 e. The summed E-state index contributed by atoms with van der Waals surface area (Å²) in [6.45, 7) is 3.15. The van der Waals surface area contributed by atoms with Crippen LogP contribution in [0.4, 0.5) is 0 Å². The molecule has 0 unspecified atom stereocenters. The number of sulfonamides is 1. The van der Waals surface area contributed by atoms with E-state index in [0.29, 0.717) is 26.1 Å². The van der Waals surface area contributed by atoms with Gasteiger partial charge in [-0.25, -0.2) is 8.42 Å². The van der Waals surface area contributed by atoms with E-state index in [-0.39, 0.29) is 5.75 Å². The van der Waals surface area contributed by atoms with Crippen molar-refractivity contribution in [3.8, 4) is 0 Å². The van der Waals surface area contributed by atoms with Crippen molar-refractivity contribution in [2.75, 3.05) is 26.0 Å². The molecule has 0 amide bonds. The lowest BCUT2D eigenvalue weighted by Crippen LogP contribution is -2.35. The third-order valence-corrected chi connectivity index (χ3v) is 5.09. The molecule has 6 heteroatoms. The quantitative estimate of drug-likeness (QED) is 0.729. The average molecular weight is 277 g/mol. The van der Waals surface area contributed by atoms with E-state index in [1.807, 2.05) is 23.8 Å². The molecule has 0 spiro atoms. The Bertz CT molecular complexity index is 400. The summed E-state index contributed by atoms with van der Waals surface area (Å²) in [7, 11) is -1.58. The van der Waals surface area contributed by atoms with Gasteiger partial charge >= 0.3 is 0 Å². The van der Waals surface area contributed by atoms with Crippen molar-refractivity contribution in [1.82, 2.24) is 4.31 Å². The molecule has 0 aliphatic carbocycles. The fourth-order valence-corrected chi connectivity index (χ4v) is 3.62. The first-order chi connectivity index (χ1) is 8.10. The van der Waals surface area contributed by atoms with Crippen LogP contribution in [0.2, 0.25) is 0 Å². The van der Waals surface area contributed by atoms with E-state index in [0.717, 1.165) is 5.56 Å². The minimum Gasteiger partial charge on any atom is -0.383 e. The number of methoxy groups -OCH3 is 1. The summed E-state index contributed by atoms with van der Waals surface area (Å²) < 4.78 is 30.5. The molecule has 0 radical (unpaired) electrons. The number of ether oxygens (including phenoxy) is 1. The van der Waals surface area contributed by atoms with Gasteiger partial charge in [0.1, 0.15) is 0 Å².